The van der Waals surface area contributed by atoms with Crippen LogP contribution in [0.1, 0.15) is 32.8 Å². The minimum atomic E-state index is -0.704. The standard InChI is InChI=1S/C16H20O2S2/c1-16(2,3)8-14(15(17)18)20-10-11-9-19-13-7-5-4-6-12(11)13/h4-7,9,14H,8,10H2,1-3H3,(H,17,18). The molecule has 0 saturated carbocycles. The third-order valence-corrected chi connectivity index (χ3v) is 5.34. The monoisotopic (exact) mass is 308 g/mol. The quantitative estimate of drug-likeness (QED) is 0.842. The SMILES string of the molecule is CC(C)(C)CC(SCc1csc2ccccc12)C(=O)O. The maximum atomic E-state index is 11.4. The number of carboxylic acid groups (broad SMARTS) is 1. The molecule has 0 radical (unpaired) electrons. The van der Waals surface area contributed by atoms with Crippen molar-refractivity contribution in [3.8, 4) is 0 Å². The van der Waals surface area contributed by atoms with Gasteiger partial charge in [-0.2, -0.15) is 0 Å². The van der Waals surface area contributed by atoms with Crippen molar-refractivity contribution in [1.82, 2.24) is 0 Å². The molecule has 20 heavy (non-hydrogen) atoms. The van der Waals surface area contributed by atoms with Gasteiger partial charge in [-0.3, -0.25) is 4.79 Å². The van der Waals surface area contributed by atoms with E-state index < -0.39 is 5.97 Å². The Morgan fingerprint density at radius 1 is 1.35 bits per heavy atom. The summed E-state index contributed by atoms with van der Waals surface area (Å²) in [7, 11) is 0. The maximum absolute atomic E-state index is 11.4. The van der Waals surface area contributed by atoms with Gasteiger partial charge in [-0.15, -0.1) is 23.1 Å². The van der Waals surface area contributed by atoms with Crippen molar-refractivity contribution in [2.45, 2.75) is 38.2 Å². The lowest BCUT2D eigenvalue weighted by Gasteiger charge is -2.22. The van der Waals surface area contributed by atoms with Crippen LogP contribution < -0.4 is 0 Å². The Hall–Kier alpha value is -1.00. The first-order valence-corrected chi connectivity index (χ1v) is 8.59. The molecule has 0 aliphatic rings. The van der Waals surface area contributed by atoms with E-state index in [4.69, 9.17) is 0 Å². The number of aliphatic carboxylic acids is 1. The fourth-order valence-corrected chi connectivity index (χ4v) is 4.56. The van der Waals surface area contributed by atoms with Gasteiger partial charge in [-0.05, 0) is 34.2 Å². The highest BCUT2D eigenvalue weighted by molar-refractivity contribution is 7.99. The molecule has 108 valence electrons. The Morgan fingerprint density at radius 2 is 2.05 bits per heavy atom. The Morgan fingerprint density at radius 3 is 2.70 bits per heavy atom. The summed E-state index contributed by atoms with van der Waals surface area (Å²) in [6.07, 6.45) is 0.690. The van der Waals surface area contributed by atoms with Crippen molar-refractivity contribution in [3.05, 3.63) is 35.2 Å². The fraction of sp³-hybridized carbons (Fsp3) is 0.438. The average Bonchev–Trinajstić information content (AvgIpc) is 2.76. The van der Waals surface area contributed by atoms with E-state index in [1.165, 1.54) is 27.4 Å². The number of hydrogen-bond acceptors (Lipinski definition) is 3. The number of benzene rings is 1. The first-order valence-electron chi connectivity index (χ1n) is 6.66. The zero-order chi connectivity index (χ0) is 14.8. The number of rotatable bonds is 5. The summed E-state index contributed by atoms with van der Waals surface area (Å²) in [5.74, 6) is 0.0568. The molecule has 1 unspecified atom stereocenters. The van der Waals surface area contributed by atoms with E-state index in [0.717, 1.165) is 5.75 Å². The third-order valence-electron chi connectivity index (χ3n) is 3.07. The molecule has 0 aliphatic carbocycles. The first kappa shape index (κ1) is 15.4. The normalized spacial score (nSPS) is 13.6. The van der Waals surface area contributed by atoms with E-state index in [9.17, 15) is 9.90 Å². The van der Waals surface area contributed by atoms with Gasteiger partial charge in [0.05, 0.1) is 0 Å². The smallest absolute Gasteiger partial charge is 0.316 e. The highest BCUT2D eigenvalue weighted by Crippen LogP contribution is 2.33. The van der Waals surface area contributed by atoms with Crippen molar-refractivity contribution >= 4 is 39.2 Å². The van der Waals surface area contributed by atoms with Gasteiger partial charge in [0.25, 0.3) is 0 Å². The van der Waals surface area contributed by atoms with E-state index in [0.29, 0.717) is 6.42 Å². The molecular weight excluding hydrogens is 288 g/mol. The second-order valence-electron chi connectivity index (χ2n) is 6.16. The molecule has 4 heteroatoms. The van der Waals surface area contributed by atoms with Crippen molar-refractivity contribution in [1.29, 1.82) is 0 Å². The van der Waals surface area contributed by atoms with Crippen LogP contribution in [0.4, 0.5) is 0 Å². The van der Waals surface area contributed by atoms with Gasteiger partial charge in [0.2, 0.25) is 0 Å². The topological polar surface area (TPSA) is 37.3 Å². The van der Waals surface area contributed by atoms with Gasteiger partial charge in [-0.1, -0.05) is 39.0 Å². The predicted octanol–water partition coefficient (Wildman–Crippen LogP) is 5.02. The summed E-state index contributed by atoms with van der Waals surface area (Å²) in [5.41, 5.74) is 1.28. The molecule has 0 fully saturated rings. The number of thioether (sulfide) groups is 1. The second kappa shape index (κ2) is 6.19. The second-order valence-corrected chi connectivity index (χ2v) is 8.26. The summed E-state index contributed by atoms with van der Waals surface area (Å²) in [6, 6.07) is 8.29. The molecule has 0 spiro atoms. The van der Waals surface area contributed by atoms with Crippen molar-refractivity contribution in [2.24, 2.45) is 5.41 Å². The van der Waals surface area contributed by atoms with Gasteiger partial charge >= 0.3 is 5.97 Å². The van der Waals surface area contributed by atoms with Gasteiger partial charge in [0, 0.05) is 10.5 Å². The van der Waals surface area contributed by atoms with Crippen molar-refractivity contribution in [2.75, 3.05) is 0 Å². The number of hydrogen-bond donors (Lipinski definition) is 1. The highest BCUT2D eigenvalue weighted by Gasteiger charge is 2.25. The van der Waals surface area contributed by atoms with Crippen LogP contribution in [-0.2, 0) is 10.5 Å². The number of carboxylic acids is 1. The number of carbonyl (C=O) groups is 1. The minimum absolute atomic E-state index is 0.0345. The van der Waals surface area contributed by atoms with Crippen LogP contribution in [-0.4, -0.2) is 16.3 Å². The zero-order valence-corrected chi connectivity index (χ0v) is 13.7. The Balaban J connectivity index is 2.07. The molecule has 1 atom stereocenters. The number of fused-ring (bicyclic) bond motifs is 1. The molecule has 2 nitrogen and oxygen atoms in total. The Bertz CT molecular complexity index is 596. The molecule has 1 heterocycles. The Kier molecular flexibility index (Phi) is 4.76. The van der Waals surface area contributed by atoms with Crippen LogP contribution in [0.25, 0.3) is 10.1 Å². The minimum Gasteiger partial charge on any atom is -0.480 e. The van der Waals surface area contributed by atoms with Crippen LogP contribution in [0.2, 0.25) is 0 Å². The van der Waals surface area contributed by atoms with E-state index in [1.54, 1.807) is 11.3 Å². The molecule has 1 N–H and O–H groups in total. The molecule has 2 rings (SSSR count). The number of thiophene rings is 1. The summed E-state index contributed by atoms with van der Waals surface area (Å²) in [4.78, 5) is 11.4. The lowest BCUT2D eigenvalue weighted by atomic mass is 9.90. The van der Waals surface area contributed by atoms with E-state index in [1.807, 2.05) is 12.1 Å². The highest BCUT2D eigenvalue weighted by atomic mass is 32.2. The van der Waals surface area contributed by atoms with Crippen LogP contribution in [0.5, 0.6) is 0 Å². The van der Waals surface area contributed by atoms with Crippen LogP contribution in [0, 0.1) is 5.41 Å². The summed E-state index contributed by atoms with van der Waals surface area (Å²) >= 11 is 3.26. The van der Waals surface area contributed by atoms with Gasteiger partial charge in [-0.25, -0.2) is 0 Å². The summed E-state index contributed by atoms with van der Waals surface area (Å²) in [6.45, 7) is 6.26. The van der Waals surface area contributed by atoms with E-state index in [2.05, 4.69) is 38.3 Å². The predicted molar refractivity (Wildman–Crippen MR) is 88.6 cm³/mol. The fourth-order valence-electron chi connectivity index (χ4n) is 2.11. The van der Waals surface area contributed by atoms with Gasteiger partial charge in [0.1, 0.15) is 5.25 Å². The molecular formula is C16H20O2S2. The lowest BCUT2D eigenvalue weighted by Crippen LogP contribution is -2.23. The molecule has 0 amide bonds. The van der Waals surface area contributed by atoms with Gasteiger partial charge < -0.3 is 5.11 Å². The van der Waals surface area contributed by atoms with Crippen LogP contribution in [0.15, 0.2) is 29.6 Å². The maximum Gasteiger partial charge on any atom is 0.316 e. The average molecular weight is 308 g/mol. The zero-order valence-electron chi connectivity index (χ0n) is 12.1. The van der Waals surface area contributed by atoms with E-state index in [-0.39, 0.29) is 10.7 Å². The molecule has 2 aromatic rings. The van der Waals surface area contributed by atoms with Crippen LogP contribution >= 0.6 is 23.1 Å². The summed E-state index contributed by atoms with van der Waals surface area (Å²) in [5, 5.41) is 12.4. The molecule has 1 aromatic heterocycles. The molecule has 1 aromatic carbocycles. The molecule has 0 saturated heterocycles. The lowest BCUT2D eigenvalue weighted by molar-refractivity contribution is -0.136. The summed E-state index contributed by atoms with van der Waals surface area (Å²) < 4.78 is 1.27. The van der Waals surface area contributed by atoms with Crippen molar-refractivity contribution in [3.63, 3.8) is 0 Å². The first-order chi connectivity index (χ1) is 9.37. The Labute approximate surface area is 128 Å². The van der Waals surface area contributed by atoms with Crippen LogP contribution in [0.3, 0.4) is 0 Å². The van der Waals surface area contributed by atoms with Gasteiger partial charge in [0.15, 0.2) is 0 Å². The molecule has 0 aliphatic heterocycles. The van der Waals surface area contributed by atoms with Crippen molar-refractivity contribution < 1.29 is 9.90 Å². The van der Waals surface area contributed by atoms with E-state index >= 15 is 0 Å². The third kappa shape index (κ3) is 4.00. The largest absolute Gasteiger partial charge is 0.480 e. The molecule has 0 bridgehead atoms.